The molecular weight excluding hydrogens is 264 g/mol. The molecule has 5 nitrogen and oxygen atoms in total. The maximum Gasteiger partial charge on any atom is 0.272 e. The van der Waals surface area contributed by atoms with Crippen LogP contribution in [0.1, 0.15) is 35.1 Å². The minimum Gasteiger partial charge on any atom is -0.340 e. The molecule has 21 heavy (non-hydrogen) atoms. The van der Waals surface area contributed by atoms with Crippen molar-refractivity contribution in [1.82, 2.24) is 14.9 Å². The summed E-state index contributed by atoms with van der Waals surface area (Å²) in [4.78, 5) is 16.7. The highest BCUT2D eigenvalue weighted by molar-refractivity contribution is 6.03. The van der Waals surface area contributed by atoms with Gasteiger partial charge in [0.2, 0.25) is 0 Å². The van der Waals surface area contributed by atoms with Crippen molar-refractivity contribution in [3.63, 3.8) is 0 Å². The van der Waals surface area contributed by atoms with E-state index in [0.29, 0.717) is 11.7 Å². The zero-order valence-corrected chi connectivity index (χ0v) is 12.2. The van der Waals surface area contributed by atoms with Gasteiger partial charge in [-0.3, -0.25) is 9.78 Å². The van der Waals surface area contributed by atoms with E-state index in [9.17, 15) is 4.79 Å². The molecule has 2 aromatic rings. The van der Waals surface area contributed by atoms with Crippen molar-refractivity contribution in [2.24, 2.45) is 0 Å². The third-order valence-corrected chi connectivity index (χ3v) is 3.97. The number of hydrogen-bond donors (Lipinski definition) is 2. The number of rotatable bonds is 3. The van der Waals surface area contributed by atoms with Crippen molar-refractivity contribution in [1.29, 1.82) is 0 Å². The number of carbonyl (C=O) groups is 1. The largest absolute Gasteiger partial charge is 0.340 e. The first kappa shape index (κ1) is 13.8. The normalized spacial score (nSPS) is 15.9. The molecule has 2 aromatic heterocycles. The van der Waals surface area contributed by atoms with Crippen LogP contribution < -0.4 is 10.6 Å². The summed E-state index contributed by atoms with van der Waals surface area (Å²) in [5.41, 5.74) is 2.30. The first-order valence-corrected chi connectivity index (χ1v) is 7.36. The minimum atomic E-state index is -0.0744. The molecule has 5 heteroatoms. The van der Waals surface area contributed by atoms with Gasteiger partial charge in [-0.2, -0.15) is 0 Å². The van der Waals surface area contributed by atoms with Gasteiger partial charge in [0.1, 0.15) is 5.69 Å². The fourth-order valence-corrected chi connectivity index (χ4v) is 2.79. The zero-order valence-electron chi connectivity index (χ0n) is 12.2. The fraction of sp³-hybridized carbons (Fsp3) is 0.375. The van der Waals surface area contributed by atoms with E-state index in [-0.39, 0.29) is 5.91 Å². The third kappa shape index (κ3) is 2.97. The summed E-state index contributed by atoms with van der Waals surface area (Å²) in [6, 6.07) is 7.92. The van der Waals surface area contributed by atoms with E-state index in [1.54, 1.807) is 6.20 Å². The molecule has 1 aliphatic heterocycles. The van der Waals surface area contributed by atoms with Crippen molar-refractivity contribution in [2.75, 3.05) is 18.4 Å². The summed E-state index contributed by atoms with van der Waals surface area (Å²) < 4.78 is 2.10. The lowest BCUT2D eigenvalue weighted by Crippen LogP contribution is -2.31. The number of aromatic nitrogens is 2. The maximum atomic E-state index is 12.5. The molecule has 0 aliphatic carbocycles. The highest BCUT2D eigenvalue weighted by atomic mass is 16.1. The number of pyridine rings is 1. The van der Waals surface area contributed by atoms with Crippen LogP contribution in [-0.2, 0) is 0 Å². The van der Waals surface area contributed by atoms with E-state index >= 15 is 0 Å². The van der Waals surface area contributed by atoms with Crippen LogP contribution in [0.25, 0.3) is 0 Å². The second kappa shape index (κ2) is 6.10. The Bertz CT molecular complexity index is 629. The Labute approximate surface area is 124 Å². The van der Waals surface area contributed by atoms with Gasteiger partial charge in [-0.25, -0.2) is 0 Å². The van der Waals surface area contributed by atoms with Crippen molar-refractivity contribution < 1.29 is 4.79 Å². The van der Waals surface area contributed by atoms with E-state index in [2.05, 4.69) is 20.2 Å². The van der Waals surface area contributed by atoms with Crippen molar-refractivity contribution in [3.8, 4) is 0 Å². The van der Waals surface area contributed by atoms with Gasteiger partial charge >= 0.3 is 0 Å². The molecule has 1 fully saturated rings. The first-order valence-electron chi connectivity index (χ1n) is 7.36. The van der Waals surface area contributed by atoms with E-state index < -0.39 is 0 Å². The molecule has 3 heterocycles. The van der Waals surface area contributed by atoms with Crippen LogP contribution in [0.2, 0.25) is 0 Å². The summed E-state index contributed by atoms with van der Waals surface area (Å²) in [6.45, 7) is 3.90. The molecule has 1 aliphatic rings. The summed E-state index contributed by atoms with van der Waals surface area (Å²) >= 11 is 0. The average Bonchev–Trinajstić information content (AvgIpc) is 3.00. The average molecular weight is 284 g/mol. The molecule has 0 radical (unpaired) electrons. The summed E-state index contributed by atoms with van der Waals surface area (Å²) in [5.74, 6) is -0.0744. The Balaban J connectivity index is 1.79. The first-order chi connectivity index (χ1) is 10.3. The molecule has 0 spiro atoms. The Morgan fingerprint density at radius 3 is 2.90 bits per heavy atom. The number of hydrogen-bond acceptors (Lipinski definition) is 3. The Morgan fingerprint density at radius 2 is 2.14 bits per heavy atom. The van der Waals surface area contributed by atoms with Crippen molar-refractivity contribution in [3.05, 3.63) is 48.0 Å². The number of piperidine rings is 1. The maximum absolute atomic E-state index is 12.5. The van der Waals surface area contributed by atoms with Gasteiger partial charge in [0, 0.05) is 18.4 Å². The molecule has 3 rings (SSSR count). The predicted molar refractivity (Wildman–Crippen MR) is 82.5 cm³/mol. The van der Waals surface area contributed by atoms with E-state index in [1.807, 2.05) is 37.4 Å². The molecule has 0 saturated carbocycles. The molecule has 1 saturated heterocycles. The van der Waals surface area contributed by atoms with Gasteiger partial charge < -0.3 is 15.2 Å². The molecular formula is C16H20N4O. The molecule has 2 N–H and O–H groups in total. The molecule has 0 unspecified atom stereocenters. The van der Waals surface area contributed by atoms with Gasteiger partial charge in [0.15, 0.2) is 0 Å². The summed E-state index contributed by atoms with van der Waals surface area (Å²) in [5, 5.41) is 6.30. The van der Waals surface area contributed by atoms with Gasteiger partial charge in [-0.15, -0.1) is 0 Å². The number of nitrogens with one attached hydrogen (secondary N) is 2. The van der Waals surface area contributed by atoms with Crippen LogP contribution in [-0.4, -0.2) is 28.5 Å². The number of aryl methyl sites for hydroxylation is 1. The van der Waals surface area contributed by atoms with Gasteiger partial charge in [-0.05, 0) is 57.1 Å². The molecule has 1 amide bonds. The molecule has 0 bridgehead atoms. The van der Waals surface area contributed by atoms with Crippen molar-refractivity contribution >= 4 is 11.6 Å². The SMILES string of the molecule is Cc1ncccc1NC(=O)c1cccn1C1CCNCC1. The van der Waals surface area contributed by atoms with E-state index in [4.69, 9.17) is 0 Å². The van der Waals surface area contributed by atoms with Gasteiger partial charge in [-0.1, -0.05) is 0 Å². The summed E-state index contributed by atoms with van der Waals surface area (Å²) in [7, 11) is 0. The van der Waals surface area contributed by atoms with Crippen LogP contribution in [0, 0.1) is 6.92 Å². The molecule has 0 atom stereocenters. The van der Waals surface area contributed by atoms with E-state index in [1.165, 1.54) is 0 Å². The molecule has 0 aromatic carbocycles. The highest BCUT2D eigenvalue weighted by Gasteiger charge is 2.20. The van der Waals surface area contributed by atoms with Crippen LogP contribution in [0.3, 0.4) is 0 Å². The Hall–Kier alpha value is -2.14. The summed E-state index contributed by atoms with van der Waals surface area (Å²) in [6.07, 6.45) is 5.84. The lowest BCUT2D eigenvalue weighted by molar-refractivity contribution is 0.101. The molecule has 110 valence electrons. The van der Waals surface area contributed by atoms with Crippen LogP contribution in [0.5, 0.6) is 0 Å². The van der Waals surface area contributed by atoms with Gasteiger partial charge in [0.05, 0.1) is 11.4 Å². The number of carbonyl (C=O) groups excluding carboxylic acids is 1. The number of nitrogens with zero attached hydrogens (tertiary/aromatic N) is 2. The van der Waals surface area contributed by atoms with Crippen LogP contribution in [0.15, 0.2) is 36.7 Å². The Kier molecular flexibility index (Phi) is 4.01. The second-order valence-electron chi connectivity index (χ2n) is 5.37. The minimum absolute atomic E-state index is 0.0744. The van der Waals surface area contributed by atoms with Crippen LogP contribution in [0.4, 0.5) is 5.69 Å². The predicted octanol–water partition coefficient (Wildman–Crippen LogP) is 2.37. The van der Waals surface area contributed by atoms with E-state index in [0.717, 1.165) is 37.3 Å². The monoisotopic (exact) mass is 284 g/mol. The zero-order chi connectivity index (χ0) is 14.7. The number of anilines is 1. The lowest BCUT2D eigenvalue weighted by Gasteiger charge is -2.26. The highest BCUT2D eigenvalue weighted by Crippen LogP contribution is 2.22. The quantitative estimate of drug-likeness (QED) is 0.909. The Morgan fingerprint density at radius 1 is 1.33 bits per heavy atom. The lowest BCUT2D eigenvalue weighted by atomic mass is 10.1. The van der Waals surface area contributed by atoms with Crippen molar-refractivity contribution in [2.45, 2.75) is 25.8 Å². The third-order valence-electron chi connectivity index (χ3n) is 3.97. The van der Waals surface area contributed by atoms with Crippen LogP contribution >= 0.6 is 0 Å². The van der Waals surface area contributed by atoms with Gasteiger partial charge in [0.25, 0.3) is 5.91 Å². The number of amides is 1. The fourth-order valence-electron chi connectivity index (χ4n) is 2.79. The second-order valence-corrected chi connectivity index (χ2v) is 5.37. The topological polar surface area (TPSA) is 59.0 Å². The standard InChI is InChI=1S/C16H20N4O/c1-12-14(4-2-8-18-12)19-16(21)15-5-3-11-20(15)13-6-9-17-10-7-13/h2-5,8,11,13,17H,6-7,9-10H2,1H3,(H,19,21). The smallest absolute Gasteiger partial charge is 0.272 e.